The van der Waals surface area contributed by atoms with Crippen molar-refractivity contribution in [2.75, 3.05) is 24.7 Å². The molecule has 7 heteroatoms. The molecule has 0 fully saturated rings. The third-order valence-corrected chi connectivity index (χ3v) is 3.63. The predicted octanol–water partition coefficient (Wildman–Crippen LogP) is 0.909. The fourth-order valence-electron chi connectivity index (χ4n) is 2.32. The number of benzene rings is 1. The molecule has 23 heavy (non-hydrogen) atoms. The highest BCUT2D eigenvalue weighted by atomic mass is 15.3. The lowest BCUT2D eigenvalue weighted by atomic mass is 10.0. The largest absolute Gasteiger partial charge is 0.378 e. The van der Waals surface area contributed by atoms with Gasteiger partial charge < -0.3 is 16.0 Å². The molecule has 2 aromatic rings. The fourth-order valence-corrected chi connectivity index (χ4v) is 2.32. The Morgan fingerprint density at radius 3 is 2.61 bits per heavy atom. The van der Waals surface area contributed by atoms with Crippen LogP contribution in [0, 0.1) is 0 Å². The molecule has 118 valence electrons. The molecule has 0 spiro atoms. The Morgan fingerprint density at radius 2 is 1.91 bits per heavy atom. The van der Waals surface area contributed by atoms with Crippen LogP contribution in [0.4, 0.5) is 11.6 Å². The number of nitrogen functional groups attached to an aromatic ring is 1. The van der Waals surface area contributed by atoms with Crippen molar-refractivity contribution in [1.82, 2.24) is 15.3 Å². The highest BCUT2D eigenvalue weighted by molar-refractivity contribution is 5.86. The number of nitrogens with two attached hydrogens (primary N) is 2. The van der Waals surface area contributed by atoms with Gasteiger partial charge in [0.2, 0.25) is 11.7 Å². The van der Waals surface area contributed by atoms with Gasteiger partial charge in [-0.3, -0.25) is 5.73 Å². The molecular formula is C16H19N7. The summed E-state index contributed by atoms with van der Waals surface area (Å²) in [5, 5.41) is 3.25. The lowest BCUT2D eigenvalue weighted by molar-refractivity contribution is 0.422. The van der Waals surface area contributed by atoms with E-state index in [2.05, 4.69) is 20.3 Å². The first kappa shape index (κ1) is 15.0. The number of aromatic nitrogens is 2. The third kappa shape index (κ3) is 3.00. The SMILES string of the molecule is CN(C)c1cccc(C2(N)N=CC=C(c3cnc(N)nc3)N2)c1. The van der Waals surface area contributed by atoms with Gasteiger partial charge in [0, 0.05) is 55.2 Å². The van der Waals surface area contributed by atoms with E-state index in [0.717, 1.165) is 22.5 Å². The van der Waals surface area contributed by atoms with Crippen LogP contribution in [0.2, 0.25) is 0 Å². The summed E-state index contributed by atoms with van der Waals surface area (Å²) in [5.74, 6) is -0.811. The second-order valence-electron chi connectivity index (χ2n) is 5.52. The van der Waals surface area contributed by atoms with E-state index >= 15 is 0 Å². The maximum Gasteiger partial charge on any atom is 0.219 e. The molecule has 1 aliphatic heterocycles. The van der Waals surface area contributed by atoms with Crippen LogP contribution in [0.5, 0.6) is 0 Å². The van der Waals surface area contributed by atoms with Crippen molar-refractivity contribution < 1.29 is 0 Å². The standard InChI is InChI=1S/C16H19N7/c1-23(2)13-5-3-4-12(8-13)16(18)21-7-6-14(22-16)11-9-19-15(17)20-10-11/h3-10,22H,18H2,1-2H3,(H2,17,19,20). The molecule has 0 amide bonds. The average molecular weight is 309 g/mol. The van der Waals surface area contributed by atoms with E-state index in [9.17, 15) is 0 Å². The predicted molar refractivity (Wildman–Crippen MR) is 92.7 cm³/mol. The van der Waals surface area contributed by atoms with Gasteiger partial charge in [0.15, 0.2) is 0 Å². The van der Waals surface area contributed by atoms with Gasteiger partial charge >= 0.3 is 0 Å². The highest BCUT2D eigenvalue weighted by Gasteiger charge is 2.29. The first-order valence-electron chi connectivity index (χ1n) is 7.16. The maximum atomic E-state index is 6.47. The van der Waals surface area contributed by atoms with Crippen molar-refractivity contribution in [3.8, 4) is 0 Å². The molecule has 0 aliphatic carbocycles. The molecule has 2 heterocycles. The zero-order chi connectivity index (χ0) is 16.4. The number of nitrogens with zero attached hydrogens (tertiary/aromatic N) is 4. The zero-order valence-electron chi connectivity index (χ0n) is 13.1. The van der Waals surface area contributed by atoms with E-state index in [0.29, 0.717) is 0 Å². The monoisotopic (exact) mass is 309 g/mol. The lowest BCUT2D eigenvalue weighted by Gasteiger charge is -2.32. The van der Waals surface area contributed by atoms with Crippen molar-refractivity contribution in [1.29, 1.82) is 0 Å². The lowest BCUT2D eigenvalue weighted by Crippen LogP contribution is -2.49. The Hall–Kier alpha value is -2.93. The summed E-state index contributed by atoms with van der Waals surface area (Å²) in [7, 11) is 3.97. The second kappa shape index (κ2) is 5.69. The highest BCUT2D eigenvalue weighted by Crippen LogP contribution is 2.26. The van der Waals surface area contributed by atoms with Gasteiger partial charge in [-0.2, -0.15) is 0 Å². The van der Waals surface area contributed by atoms with E-state index in [1.807, 2.05) is 49.3 Å². The van der Waals surface area contributed by atoms with E-state index in [-0.39, 0.29) is 5.95 Å². The van der Waals surface area contributed by atoms with Crippen molar-refractivity contribution in [3.63, 3.8) is 0 Å². The van der Waals surface area contributed by atoms with Crippen LogP contribution in [0.1, 0.15) is 11.1 Å². The number of aliphatic imine (C=N–C) groups is 1. The van der Waals surface area contributed by atoms with E-state index < -0.39 is 5.79 Å². The molecule has 0 saturated carbocycles. The molecule has 0 saturated heterocycles. The van der Waals surface area contributed by atoms with Crippen LogP contribution in [-0.2, 0) is 5.79 Å². The van der Waals surface area contributed by atoms with Crippen LogP contribution in [-0.4, -0.2) is 30.3 Å². The van der Waals surface area contributed by atoms with E-state index in [4.69, 9.17) is 11.5 Å². The normalized spacial score (nSPS) is 19.9. The van der Waals surface area contributed by atoms with Gasteiger partial charge in [-0.15, -0.1) is 0 Å². The molecule has 1 aliphatic rings. The number of hydrogen-bond acceptors (Lipinski definition) is 7. The molecule has 5 N–H and O–H groups in total. The molecule has 1 aromatic heterocycles. The summed E-state index contributed by atoms with van der Waals surface area (Å²) < 4.78 is 0. The van der Waals surface area contributed by atoms with Crippen LogP contribution in [0.25, 0.3) is 5.70 Å². The molecule has 1 aromatic carbocycles. The molecule has 7 nitrogen and oxygen atoms in total. The van der Waals surface area contributed by atoms with Crippen molar-refractivity contribution in [2.24, 2.45) is 10.7 Å². The smallest absolute Gasteiger partial charge is 0.219 e. The van der Waals surface area contributed by atoms with E-state index in [1.54, 1.807) is 18.6 Å². The summed E-state index contributed by atoms with van der Waals surface area (Å²) in [6, 6.07) is 7.93. The molecule has 0 radical (unpaired) electrons. The first-order valence-corrected chi connectivity index (χ1v) is 7.16. The number of anilines is 2. The quantitative estimate of drug-likeness (QED) is 0.778. The third-order valence-electron chi connectivity index (χ3n) is 3.63. The molecule has 1 unspecified atom stereocenters. The number of nitrogens with one attached hydrogen (secondary N) is 1. The van der Waals surface area contributed by atoms with Gasteiger partial charge in [-0.25, -0.2) is 15.0 Å². The molecule has 0 bridgehead atoms. The number of allylic oxidation sites excluding steroid dienone is 1. The molecule has 3 rings (SSSR count). The van der Waals surface area contributed by atoms with Gasteiger partial charge in [0.05, 0.1) is 0 Å². The molecular weight excluding hydrogens is 290 g/mol. The topological polar surface area (TPSA) is 105 Å². The fraction of sp³-hybridized carbons (Fsp3) is 0.188. The minimum atomic E-state index is -1.04. The summed E-state index contributed by atoms with van der Waals surface area (Å²) in [6.07, 6.45) is 6.81. The van der Waals surface area contributed by atoms with Gasteiger partial charge in [-0.05, 0) is 18.2 Å². The van der Waals surface area contributed by atoms with Crippen molar-refractivity contribution >= 4 is 23.5 Å². The Labute approximate surface area is 134 Å². The van der Waals surface area contributed by atoms with Gasteiger partial charge in [0.25, 0.3) is 0 Å². The summed E-state index contributed by atoms with van der Waals surface area (Å²) in [6.45, 7) is 0. The van der Waals surface area contributed by atoms with Crippen LogP contribution >= 0.6 is 0 Å². The Balaban J connectivity index is 1.92. The van der Waals surface area contributed by atoms with Crippen LogP contribution in [0.3, 0.4) is 0 Å². The average Bonchev–Trinajstić information content (AvgIpc) is 2.56. The Bertz CT molecular complexity index is 764. The molecule has 1 atom stereocenters. The Morgan fingerprint density at radius 1 is 1.17 bits per heavy atom. The van der Waals surface area contributed by atoms with Crippen molar-refractivity contribution in [2.45, 2.75) is 5.79 Å². The summed E-state index contributed by atoms with van der Waals surface area (Å²) in [5.41, 5.74) is 15.5. The number of hydrogen-bond donors (Lipinski definition) is 3. The van der Waals surface area contributed by atoms with Crippen molar-refractivity contribution in [3.05, 3.63) is 53.9 Å². The first-order chi connectivity index (χ1) is 11.0. The number of rotatable bonds is 3. The van der Waals surface area contributed by atoms with Crippen LogP contribution < -0.4 is 21.7 Å². The minimum absolute atomic E-state index is 0.233. The van der Waals surface area contributed by atoms with E-state index in [1.165, 1.54) is 0 Å². The summed E-state index contributed by atoms with van der Waals surface area (Å²) in [4.78, 5) is 14.4. The Kier molecular flexibility index (Phi) is 3.71. The van der Waals surface area contributed by atoms with Crippen LogP contribution in [0.15, 0.2) is 47.7 Å². The van der Waals surface area contributed by atoms with Gasteiger partial charge in [-0.1, -0.05) is 12.1 Å². The second-order valence-corrected chi connectivity index (χ2v) is 5.52. The maximum absolute atomic E-state index is 6.47. The zero-order valence-corrected chi connectivity index (χ0v) is 13.1. The summed E-state index contributed by atoms with van der Waals surface area (Å²) >= 11 is 0. The van der Waals surface area contributed by atoms with Gasteiger partial charge in [0.1, 0.15) is 0 Å². The minimum Gasteiger partial charge on any atom is -0.378 e.